The van der Waals surface area contributed by atoms with Gasteiger partial charge >= 0.3 is 0 Å². The fraction of sp³-hybridized carbons (Fsp3) is 0.550. The van der Waals surface area contributed by atoms with Crippen LogP contribution in [0.25, 0.3) is 0 Å². The summed E-state index contributed by atoms with van der Waals surface area (Å²) in [4.78, 5) is 4.86. The Kier molecular flexibility index (Phi) is 6.32. The molecule has 0 amide bonds. The van der Waals surface area contributed by atoms with Gasteiger partial charge in [0, 0.05) is 37.0 Å². The van der Waals surface area contributed by atoms with Crippen molar-refractivity contribution in [2.75, 3.05) is 26.7 Å². The summed E-state index contributed by atoms with van der Waals surface area (Å²) >= 11 is 0. The molecule has 0 bridgehead atoms. The first-order chi connectivity index (χ1) is 13.2. The number of ether oxygens (including phenoxy) is 1. The number of hydrogen-bond donors (Lipinski definition) is 2. The summed E-state index contributed by atoms with van der Waals surface area (Å²) in [7, 11) is 1.74. The van der Waals surface area contributed by atoms with Crippen LogP contribution in [0.3, 0.4) is 0 Å². The summed E-state index contributed by atoms with van der Waals surface area (Å²) in [6.07, 6.45) is 4.97. The Morgan fingerprint density at radius 1 is 1.26 bits per heavy atom. The topological polar surface area (TPSA) is 76.4 Å². The van der Waals surface area contributed by atoms with Crippen molar-refractivity contribution in [3.8, 4) is 5.75 Å². The average Bonchev–Trinajstić information content (AvgIpc) is 3.36. The van der Waals surface area contributed by atoms with Gasteiger partial charge in [-0.2, -0.15) is 0 Å². The van der Waals surface area contributed by atoms with Gasteiger partial charge in [-0.3, -0.25) is 4.99 Å². The summed E-state index contributed by atoms with van der Waals surface area (Å²) in [6.45, 7) is 7.36. The first-order valence-corrected chi connectivity index (χ1v) is 9.74. The molecule has 0 unspecified atom stereocenters. The summed E-state index contributed by atoms with van der Waals surface area (Å²) in [5.41, 5.74) is 1.38. The number of methoxy groups -OCH3 is 1. The van der Waals surface area contributed by atoms with E-state index >= 15 is 0 Å². The van der Waals surface area contributed by atoms with Gasteiger partial charge in [-0.05, 0) is 25.8 Å². The van der Waals surface area contributed by atoms with Crippen molar-refractivity contribution in [3.63, 3.8) is 0 Å². The van der Waals surface area contributed by atoms with E-state index in [2.05, 4.69) is 51.4 Å². The van der Waals surface area contributed by atoms with E-state index in [0.717, 1.165) is 63.0 Å². The zero-order valence-electron chi connectivity index (χ0n) is 16.5. The molecule has 0 radical (unpaired) electrons. The molecular formula is C20H30N6O. The van der Waals surface area contributed by atoms with Crippen LogP contribution in [-0.2, 0) is 18.4 Å². The van der Waals surface area contributed by atoms with Gasteiger partial charge < -0.3 is 19.9 Å². The highest BCUT2D eigenvalue weighted by atomic mass is 16.5. The van der Waals surface area contributed by atoms with Crippen molar-refractivity contribution in [1.29, 1.82) is 0 Å². The third-order valence-corrected chi connectivity index (χ3v) is 5.07. The van der Waals surface area contributed by atoms with E-state index < -0.39 is 0 Å². The maximum Gasteiger partial charge on any atom is 0.191 e. The van der Waals surface area contributed by atoms with Crippen molar-refractivity contribution in [2.24, 2.45) is 4.99 Å². The molecule has 0 atom stereocenters. The van der Waals surface area contributed by atoms with Crippen molar-refractivity contribution >= 4 is 5.96 Å². The zero-order chi connectivity index (χ0) is 19.1. The van der Waals surface area contributed by atoms with E-state index in [1.807, 2.05) is 12.1 Å². The molecule has 7 nitrogen and oxygen atoms in total. The van der Waals surface area contributed by atoms with E-state index in [0.29, 0.717) is 0 Å². The number of benzene rings is 1. The Morgan fingerprint density at radius 3 is 2.78 bits per heavy atom. The van der Waals surface area contributed by atoms with Crippen molar-refractivity contribution < 1.29 is 4.74 Å². The fourth-order valence-electron chi connectivity index (χ4n) is 3.35. The monoisotopic (exact) mass is 370 g/mol. The predicted molar refractivity (Wildman–Crippen MR) is 107 cm³/mol. The molecule has 0 aliphatic heterocycles. The maximum absolute atomic E-state index is 5.56. The largest absolute Gasteiger partial charge is 0.496 e. The first kappa shape index (κ1) is 19.2. The van der Waals surface area contributed by atoms with Gasteiger partial charge in [0.15, 0.2) is 5.96 Å². The minimum absolute atomic E-state index is 0.110. The van der Waals surface area contributed by atoms with E-state index in [1.54, 1.807) is 13.4 Å². The third kappa shape index (κ3) is 4.59. The number of rotatable bonds is 9. The lowest BCUT2D eigenvalue weighted by Gasteiger charge is -2.18. The molecule has 146 valence electrons. The van der Waals surface area contributed by atoms with Crippen LogP contribution in [0.15, 0.2) is 35.6 Å². The lowest BCUT2D eigenvalue weighted by Crippen LogP contribution is -2.39. The van der Waals surface area contributed by atoms with E-state index in [9.17, 15) is 0 Å². The second-order valence-electron chi connectivity index (χ2n) is 6.90. The van der Waals surface area contributed by atoms with Gasteiger partial charge in [0.25, 0.3) is 0 Å². The molecule has 27 heavy (non-hydrogen) atoms. The molecule has 1 aromatic heterocycles. The lowest BCUT2D eigenvalue weighted by molar-refractivity contribution is 0.404. The highest BCUT2D eigenvalue weighted by Crippen LogP contribution is 2.51. The molecule has 7 heteroatoms. The van der Waals surface area contributed by atoms with Crippen LogP contribution in [0, 0.1) is 0 Å². The SMILES string of the molecule is CCNC(=NCC1(c2ccccc2OC)CC1)NCCn1cnnc1CC. The Bertz CT molecular complexity index is 765. The fourth-order valence-corrected chi connectivity index (χ4v) is 3.35. The summed E-state index contributed by atoms with van der Waals surface area (Å²) in [5, 5.41) is 14.9. The van der Waals surface area contributed by atoms with Crippen molar-refractivity contribution in [2.45, 2.75) is 45.1 Å². The molecule has 2 N–H and O–H groups in total. The number of nitrogens with zero attached hydrogens (tertiary/aromatic N) is 4. The molecule has 1 fully saturated rings. The number of aromatic nitrogens is 3. The number of hydrogen-bond acceptors (Lipinski definition) is 4. The zero-order valence-corrected chi connectivity index (χ0v) is 16.5. The Balaban J connectivity index is 1.62. The van der Waals surface area contributed by atoms with Gasteiger partial charge in [0.1, 0.15) is 17.9 Å². The van der Waals surface area contributed by atoms with Crippen LogP contribution in [0.5, 0.6) is 5.75 Å². The van der Waals surface area contributed by atoms with Gasteiger partial charge in [-0.25, -0.2) is 0 Å². The smallest absolute Gasteiger partial charge is 0.191 e. The van der Waals surface area contributed by atoms with Gasteiger partial charge in [0.2, 0.25) is 0 Å². The van der Waals surface area contributed by atoms with Crippen LogP contribution in [0.2, 0.25) is 0 Å². The minimum Gasteiger partial charge on any atom is -0.496 e. The highest BCUT2D eigenvalue weighted by molar-refractivity contribution is 5.79. The Labute approximate surface area is 161 Å². The second kappa shape index (κ2) is 8.88. The second-order valence-corrected chi connectivity index (χ2v) is 6.90. The Morgan fingerprint density at radius 2 is 2.07 bits per heavy atom. The number of para-hydroxylation sites is 1. The molecule has 3 rings (SSSR count). The number of nitrogens with one attached hydrogen (secondary N) is 2. The number of aryl methyl sites for hydroxylation is 1. The van der Waals surface area contributed by atoms with Gasteiger partial charge in [-0.1, -0.05) is 25.1 Å². The van der Waals surface area contributed by atoms with Crippen LogP contribution in [-0.4, -0.2) is 47.5 Å². The van der Waals surface area contributed by atoms with Crippen molar-refractivity contribution in [3.05, 3.63) is 42.0 Å². The van der Waals surface area contributed by atoms with Crippen LogP contribution >= 0.6 is 0 Å². The molecule has 1 heterocycles. The predicted octanol–water partition coefficient (Wildman–Crippen LogP) is 2.14. The molecule has 0 spiro atoms. The van der Waals surface area contributed by atoms with Crippen LogP contribution < -0.4 is 15.4 Å². The van der Waals surface area contributed by atoms with E-state index in [1.165, 1.54) is 5.56 Å². The lowest BCUT2D eigenvalue weighted by atomic mass is 9.95. The van der Waals surface area contributed by atoms with E-state index in [4.69, 9.17) is 9.73 Å². The molecule has 1 aromatic carbocycles. The Hall–Kier alpha value is -2.57. The highest BCUT2D eigenvalue weighted by Gasteiger charge is 2.46. The van der Waals surface area contributed by atoms with E-state index in [-0.39, 0.29) is 5.41 Å². The average molecular weight is 371 g/mol. The minimum atomic E-state index is 0.110. The molecule has 1 saturated carbocycles. The first-order valence-electron chi connectivity index (χ1n) is 9.74. The number of aliphatic imine (C=N–C) groups is 1. The van der Waals surface area contributed by atoms with Crippen LogP contribution in [0.1, 0.15) is 38.1 Å². The number of guanidine groups is 1. The van der Waals surface area contributed by atoms with Gasteiger partial charge in [-0.15, -0.1) is 10.2 Å². The van der Waals surface area contributed by atoms with Crippen molar-refractivity contribution in [1.82, 2.24) is 25.4 Å². The summed E-state index contributed by atoms with van der Waals surface area (Å²) < 4.78 is 7.64. The third-order valence-electron chi connectivity index (χ3n) is 5.07. The normalized spacial score (nSPS) is 15.4. The van der Waals surface area contributed by atoms with Crippen LogP contribution in [0.4, 0.5) is 0 Å². The molecule has 2 aromatic rings. The van der Waals surface area contributed by atoms with Gasteiger partial charge in [0.05, 0.1) is 13.7 Å². The molecule has 1 aliphatic carbocycles. The quantitative estimate of drug-likeness (QED) is 0.522. The molecule has 0 saturated heterocycles. The standard InChI is InChI=1S/C20H30N6O/c1-4-18-25-24-15-26(18)13-12-22-19(21-5-2)23-14-20(10-11-20)16-8-6-7-9-17(16)27-3/h6-9,15H,4-5,10-14H2,1-3H3,(H2,21,22,23). The molecule has 1 aliphatic rings. The maximum atomic E-state index is 5.56. The summed E-state index contributed by atoms with van der Waals surface area (Å²) in [5.74, 6) is 2.82. The molecular weight excluding hydrogens is 340 g/mol. The summed E-state index contributed by atoms with van der Waals surface area (Å²) in [6, 6.07) is 8.30.